The number of carboxylic acids is 1. The first kappa shape index (κ1) is 89.7. The molecule has 0 aromatic heterocycles. The minimum Gasteiger partial charge on any atom is -0.545 e. The van der Waals surface area contributed by atoms with Crippen LogP contribution in [0.4, 0.5) is 0 Å². The van der Waals surface area contributed by atoms with Crippen LogP contribution < -0.4 is 5.11 Å². The number of carbonyl (C=O) groups excluding carboxylic acids is 3. The number of quaternary nitrogens is 1. The summed E-state index contributed by atoms with van der Waals surface area (Å²) >= 11 is 0. The van der Waals surface area contributed by atoms with Crippen LogP contribution in [0.1, 0.15) is 341 Å². The molecular formula is C85H147NO8. The van der Waals surface area contributed by atoms with Crippen molar-refractivity contribution in [1.29, 1.82) is 0 Å². The van der Waals surface area contributed by atoms with Crippen LogP contribution >= 0.6 is 0 Å². The van der Waals surface area contributed by atoms with E-state index in [-0.39, 0.29) is 38.6 Å². The highest BCUT2D eigenvalue weighted by molar-refractivity contribution is 5.70. The maximum absolute atomic E-state index is 13.0. The predicted octanol–water partition coefficient (Wildman–Crippen LogP) is 23.8. The molecule has 0 amide bonds. The number of carbonyl (C=O) groups is 3. The lowest BCUT2D eigenvalue weighted by Gasteiger charge is -2.26. The zero-order chi connectivity index (χ0) is 68.2. The number of likely N-dealkylation sites (N-methyl/N-ethyl adjacent to an activating group) is 1. The summed E-state index contributed by atoms with van der Waals surface area (Å²) in [5.74, 6) is -2.31. The van der Waals surface area contributed by atoms with Gasteiger partial charge in [-0.15, -0.1) is 0 Å². The summed E-state index contributed by atoms with van der Waals surface area (Å²) in [5.41, 5.74) is 0. The van der Waals surface area contributed by atoms with Gasteiger partial charge < -0.3 is 33.3 Å². The molecule has 0 aliphatic rings. The van der Waals surface area contributed by atoms with Gasteiger partial charge in [0.05, 0.1) is 40.3 Å². The van der Waals surface area contributed by atoms with E-state index in [0.717, 1.165) is 109 Å². The van der Waals surface area contributed by atoms with Gasteiger partial charge in [-0.25, -0.2) is 0 Å². The Morgan fingerprint density at radius 2 is 0.606 bits per heavy atom. The normalized spacial score (nSPS) is 13.3. The van der Waals surface area contributed by atoms with E-state index >= 15 is 0 Å². The van der Waals surface area contributed by atoms with Crippen LogP contribution in [0.3, 0.4) is 0 Å². The third kappa shape index (κ3) is 75.1. The fourth-order valence-electron chi connectivity index (χ4n) is 11.0. The number of hydrogen-bond acceptors (Lipinski definition) is 8. The SMILES string of the molecule is CC/C=C\C/C=C\C/C=C\C/C=C\C/C=C\C/C=C\C/C=C\C/C=C\C/C=C\C/C=C\CCCCCCC(=O)OC(COC(=O)CCCCCCCCCCCCCCCCCCCCCCCCCCCCCCCCCCCC)COC(OCC[N+](C)(C)C)C(=O)[O-]. The maximum Gasteiger partial charge on any atom is 0.306 e. The monoisotopic (exact) mass is 1310 g/mol. The summed E-state index contributed by atoms with van der Waals surface area (Å²) in [4.78, 5) is 37.6. The van der Waals surface area contributed by atoms with E-state index in [2.05, 4.69) is 135 Å². The van der Waals surface area contributed by atoms with Gasteiger partial charge in [0.1, 0.15) is 13.2 Å². The lowest BCUT2D eigenvalue weighted by molar-refractivity contribution is -0.870. The summed E-state index contributed by atoms with van der Waals surface area (Å²) in [6.07, 6.45) is 103. The Morgan fingerprint density at radius 1 is 0.330 bits per heavy atom. The first-order chi connectivity index (χ1) is 46.1. The molecule has 0 fully saturated rings. The van der Waals surface area contributed by atoms with Crippen molar-refractivity contribution in [2.45, 2.75) is 354 Å². The number of aliphatic carboxylic acids is 1. The fraction of sp³-hybridized carbons (Fsp3) is 0.729. The summed E-state index contributed by atoms with van der Waals surface area (Å²) in [7, 11) is 5.92. The number of allylic oxidation sites excluding steroid dienone is 20. The minimum absolute atomic E-state index is 0.138. The van der Waals surface area contributed by atoms with Crippen molar-refractivity contribution in [3.8, 4) is 0 Å². The first-order valence-corrected chi connectivity index (χ1v) is 39.2. The van der Waals surface area contributed by atoms with Crippen molar-refractivity contribution < 1.29 is 42.9 Å². The highest BCUT2D eigenvalue weighted by atomic mass is 16.7. The largest absolute Gasteiger partial charge is 0.545 e. The molecule has 0 bridgehead atoms. The lowest BCUT2D eigenvalue weighted by atomic mass is 10.0. The molecule has 0 aliphatic carbocycles. The average molecular weight is 1310 g/mol. The molecule has 0 rings (SSSR count). The zero-order valence-electron chi connectivity index (χ0n) is 61.8. The van der Waals surface area contributed by atoms with Crippen molar-refractivity contribution in [2.75, 3.05) is 47.5 Å². The Balaban J connectivity index is 4.12. The molecule has 2 atom stereocenters. The second-order valence-electron chi connectivity index (χ2n) is 27.3. The molecule has 0 aromatic rings. The van der Waals surface area contributed by atoms with Crippen LogP contribution in [-0.4, -0.2) is 82.3 Å². The van der Waals surface area contributed by atoms with E-state index < -0.39 is 24.3 Å². The van der Waals surface area contributed by atoms with Crippen LogP contribution in [0.5, 0.6) is 0 Å². The molecule has 0 radical (unpaired) electrons. The van der Waals surface area contributed by atoms with Gasteiger partial charge in [0.25, 0.3) is 0 Å². The molecule has 540 valence electrons. The van der Waals surface area contributed by atoms with Crippen LogP contribution in [-0.2, 0) is 33.3 Å². The van der Waals surface area contributed by atoms with Crippen molar-refractivity contribution in [1.82, 2.24) is 0 Å². The average Bonchev–Trinajstić information content (AvgIpc) is 3.76. The Kier molecular flexibility index (Phi) is 71.1. The van der Waals surface area contributed by atoms with E-state index in [1.54, 1.807) is 0 Å². The number of ether oxygens (including phenoxy) is 4. The standard InChI is InChI=1S/C85H147NO8/c1-6-8-10-12-14-16-18-20-22-24-26-28-30-32-34-36-38-40-42-44-46-48-50-52-54-56-58-60-62-64-66-68-70-72-74-76-83(88)94-81(80-93-85(84(89)90)91-78-77-86(3,4)5)79-92-82(87)75-73-71-69-67-65-63-61-59-57-55-53-51-49-47-45-43-41-39-37-35-33-31-29-27-25-23-21-19-17-15-13-11-9-7-2/h8,10,14,16,20,22,26,28,32,34,38,40,44,46,50,52,56,58,62,64,81,85H,6-7,9,11-13,15,17-19,21,23-25,27,29-31,33,35-37,39,41-43,45,47-49,51,53-55,57,59-61,63,65-80H2,1-5H3/b10-8-,16-14-,22-20-,28-26-,34-32-,40-38-,46-44-,52-50-,58-56-,64-62-. The second kappa shape index (κ2) is 74.5. The molecule has 9 heteroatoms. The summed E-state index contributed by atoms with van der Waals surface area (Å²) < 4.78 is 22.8. The third-order valence-electron chi connectivity index (χ3n) is 17.0. The van der Waals surface area contributed by atoms with Gasteiger partial charge in [0.2, 0.25) is 0 Å². The number of nitrogens with zero attached hydrogens (tertiary/aromatic N) is 1. The Hall–Kier alpha value is -4.31. The number of carboxylic acid groups (broad SMARTS) is 1. The van der Waals surface area contributed by atoms with Gasteiger partial charge in [-0.2, -0.15) is 0 Å². The van der Waals surface area contributed by atoms with Crippen LogP contribution in [0, 0.1) is 0 Å². The fourth-order valence-corrected chi connectivity index (χ4v) is 11.0. The lowest BCUT2D eigenvalue weighted by Crippen LogP contribution is -2.44. The van der Waals surface area contributed by atoms with Gasteiger partial charge in [0, 0.05) is 12.8 Å². The van der Waals surface area contributed by atoms with Crippen molar-refractivity contribution >= 4 is 17.9 Å². The molecule has 0 spiro atoms. The summed E-state index contributed by atoms with van der Waals surface area (Å²) in [6, 6.07) is 0. The first-order valence-electron chi connectivity index (χ1n) is 39.2. The Labute approximate surface area is 580 Å². The molecular weight excluding hydrogens is 1160 g/mol. The third-order valence-corrected chi connectivity index (χ3v) is 17.0. The van der Waals surface area contributed by atoms with Crippen LogP contribution in [0.2, 0.25) is 0 Å². The number of unbranched alkanes of at least 4 members (excludes halogenated alkanes) is 37. The van der Waals surface area contributed by atoms with Crippen LogP contribution in [0.25, 0.3) is 0 Å². The Bertz CT molecular complexity index is 1960. The van der Waals surface area contributed by atoms with Gasteiger partial charge in [-0.05, 0) is 89.9 Å². The smallest absolute Gasteiger partial charge is 0.306 e. The van der Waals surface area contributed by atoms with Crippen molar-refractivity contribution in [3.05, 3.63) is 122 Å². The van der Waals surface area contributed by atoms with E-state index in [1.165, 1.54) is 199 Å². The van der Waals surface area contributed by atoms with Gasteiger partial charge in [0.15, 0.2) is 12.4 Å². The molecule has 0 N–H and O–H groups in total. The van der Waals surface area contributed by atoms with Gasteiger partial charge >= 0.3 is 11.9 Å². The van der Waals surface area contributed by atoms with E-state index in [0.29, 0.717) is 17.4 Å². The van der Waals surface area contributed by atoms with E-state index in [1.807, 2.05) is 21.1 Å². The highest BCUT2D eigenvalue weighted by Gasteiger charge is 2.22. The number of esters is 2. The number of hydrogen-bond donors (Lipinski definition) is 0. The topological polar surface area (TPSA) is 111 Å². The molecule has 0 heterocycles. The molecule has 0 aromatic carbocycles. The minimum atomic E-state index is -1.64. The van der Waals surface area contributed by atoms with E-state index in [4.69, 9.17) is 18.9 Å². The molecule has 0 saturated heterocycles. The number of rotatable bonds is 72. The molecule has 0 aliphatic heterocycles. The zero-order valence-corrected chi connectivity index (χ0v) is 61.8. The van der Waals surface area contributed by atoms with Crippen molar-refractivity contribution in [3.63, 3.8) is 0 Å². The molecule has 94 heavy (non-hydrogen) atoms. The Morgan fingerprint density at radius 3 is 0.904 bits per heavy atom. The predicted molar refractivity (Wildman–Crippen MR) is 403 cm³/mol. The molecule has 9 nitrogen and oxygen atoms in total. The summed E-state index contributed by atoms with van der Waals surface area (Å²) in [5, 5.41) is 11.9. The second-order valence-corrected chi connectivity index (χ2v) is 27.3. The maximum atomic E-state index is 13.0. The van der Waals surface area contributed by atoms with Crippen LogP contribution in [0.15, 0.2) is 122 Å². The highest BCUT2D eigenvalue weighted by Crippen LogP contribution is 2.19. The summed E-state index contributed by atoms with van der Waals surface area (Å²) in [6.45, 7) is 4.64. The van der Waals surface area contributed by atoms with Gasteiger partial charge in [-0.1, -0.05) is 360 Å². The molecule has 0 saturated carbocycles. The quantitative estimate of drug-likeness (QED) is 0.0195. The van der Waals surface area contributed by atoms with E-state index in [9.17, 15) is 19.5 Å². The van der Waals surface area contributed by atoms with Crippen molar-refractivity contribution in [2.24, 2.45) is 0 Å². The van der Waals surface area contributed by atoms with Gasteiger partial charge in [-0.3, -0.25) is 9.59 Å². The molecule has 2 unspecified atom stereocenters.